The Labute approximate surface area is 115 Å². The van der Waals surface area contributed by atoms with E-state index in [4.69, 9.17) is 0 Å². The molecule has 20 heavy (non-hydrogen) atoms. The lowest BCUT2D eigenvalue weighted by Crippen LogP contribution is -2.28. The number of aromatic nitrogens is 1. The van der Waals surface area contributed by atoms with Crippen molar-refractivity contribution in [3.63, 3.8) is 0 Å². The summed E-state index contributed by atoms with van der Waals surface area (Å²) in [6, 6.07) is 3.79. The molecule has 0 bridgehead atoms. The van der Waals surface area contributed by atoms with Gasteiger partial charge in [0.05, 0.1) is 6.42 Å². The molecule has 0 fully saturated rings. The van der Waals surface area contributed by atoms with E-state index in [1.165, 1.54) is 0 Å². The molecule has 0 aromatic carbocycles. The monoisotopic (exact) mass is 289 g/mol. The van der Waals surface area contributed by atoms with Gasteiger partial charge in [-0.15, -0.1) is 0 Å². The molecule has 4 nitrogen and oxygen atoms in total. The van der Waals surface area contributed by atoms with Gasteiger partial charge in [0.1, 0.15) is 0 Å². The number of alkyl halides is 3. The van der Waals surface area contributed by atoms with Crippen LogP contribution >= 0.6 is 0 Å². The zero-order valence-corrected chi connectivity index (χ0v) is 11.0. The summed E-state index contributed by atoms with van der Waals surface area (Å²) in [6.07, 6.45) is -1.74. The van der Waals surface area contributed by atoms with E-state index < -0.39 is 24.9 Å². The maximum absolute atomic E-state index is 11.9. The van der Waals surface area contributed by atoms with Gasteiger partial charge in [0, 0.05) is 31.9 Å². The number of pyridine rings is 1. The molecule has 0 aliphatic heterocycles. The fraction of sp³-hybridized carbons (Fsp3) is 0.538. The number of hydrogen-bond donors (Lipinski definition) is 2. The summed E-state index contributed by atoms with van der Waals surface area (Å²) in [6.45, 7) is 1.72. The molecule has 112 valence electrons. The van der Waals surface area contributed by atoms with Gasteiger partial charge in [-0.2, -0.15) is 13.2 Å². The zero-order valence-electron chi connectivity index (χ0n) is 11.0. The molecule has 0 aliphatic rings. The van der Waals surface area contributed by atoms with E-state index in [-0.39, 0.29) is 0 Å². The fourth-order valence-corrected chi connectivity index (χ4v) is 1.52. The largest absolute Gasteiger partial charge is 0.389 e. The van der Waals surface area contributed by atoms with Gasteiger partial charge in [0.25, 0.3) is 0 Å². The summed E-state index contributed by atoms with van der Waals surface area (Å²) in [5, 5.41) is 5.62. The molecule has 0 unspecified atom stereocenters. The van der Waals surface area contributed by atoms with Crippen LogP contribution in [0.1, 0.15) is 24.8 Å². The lowest BCUT2D eigenvalue weighted by Gasteiger charge is -2.08. The third kappa shape index (κ3) is 8.47. The summed E-state index contributed by atoms with van der Waals surface area (Å²) in [4.78, 5) is 15.1. The molecule has 7 heteroatoms. The summed E-state index contributed by atoms with van der Waals surface area (Å²) in [7, 11) is 0. The normalized spacial score (nSPS) is 11.3. The SMILES string of the molecule is O=C(CCC(F)(F)F)NCCCNCc1cccnc1. The topological polar surface area (TPSA) is 54.0 Å². The molecule has 1 aromatic rings. The van der Waals surface area contributed by atoms with Gasteiger partial charge >= 0.3 is 6.18 Å². The van der Waals surface area contributed by atoms with Crippen LogP contribution in [-0.2, 0) is 11.3 Å². The van der Waals surface area contributed by atoms with Crippen molar-refractivity contribution < 1.29 is 18.0 Å². The smallest absolute Gasteiger partial charge is 0.356 e. The Bertz CT molecular complexity index is 396. The van der Waals surface area contributed by atoms with Gasteiger partial charge in [-0.25, -0.2) is 0 Å². The number of rotatable bonds is 8. The van der Waals surface area contributed by atoms with Crippen LogP contribution in [0.4, 0.5) is 13.2 Å². The highest BCUT2D eigenvalue weighted by Crippen LogP contribution is 2.20. The number of nitrogens with one attached hydrogen (secondary N) is 2. The number of carbonyl (C=O) groups is 1. The maximum atomic E-state index is 11.9. The van der Waals surface area contributed by atoms with Crippen LogP contribution in [0.5, 0.6) is 0 Å². The zero-order chi connectivity index (χ0) is 14.8. The molecule has 0 radical (unpaired) electrons. The van der Waals surface area contributed by atoms with E-state index in [1.54, 1.807) is 12.4 Å². The van der Waals surface area contributed by atoms with Crippen LogP contribution in [0.25, 0.3) is 0 Å². The minimum absolute atomic E-state index is 0.372. The lowest BCUT2D eigenvalue weighted by atomic mass is 10.2. The molecule has 1 heterocycles. The Morgan fingerprint density at radius 3 is 2.75 bits per heavy atom. The van der Waals surface area contributed by atoms with Gasteiger partial charge < -0.3 is 10.6 Å². The Morgan fingerprint density at radius 2 is 2.10 bits per heavy atom. The van der Waals surface area contributed by atoms with Gasteiger partial charge in [-0.3, -0.25) is 9.78 Å². The molecule has 0 saturated carbocycles. The fourth-order valence-electron chi connectivity index (χ4n) is 1.52. The molecule has 0 aliphatic carbocycles. The van der Waals surface area contributed by atoms with Gasteiger partial charge in [-0.1, -0.05) is 6.07 Å². The Kier molecular flexibility index (Phi) is 7.00. The van der Waals surface area contributed by atoms with Crippen LogP contribution < -0.4 is 10.6 Å². The van der Waals surface area contributed by atoms with Crippen LogP contribution in [0.2, 0.25) is 0 Å². The second kappa shape index (κ2) is 8.52. The average molecular weight is 289 g/mol. The average Bonchev–Trinajstić information content (AvgIpc) is 2.41. The highest BCUT2D eigenvalue weighted by molar-refractivity contribution is 5.75. The van der Waals surface area contributed by atoms with E-state index in [2.05, 4.69) is 15.6 Å². The molecule has 1 rings (SSSR count). The molecule has 2 N–H and O–H groups in total. The van der Waals surface area contributed by atoms with Crippen LogP contribution in [0.15, 0.2) is 24.5 Å². The second-order valence-electron chi connectivity index (χ2n) is 4.36. The summed E-state index contributed by atoms with van der Waals surface area (Å²) in [5.74, 6) is -0.561. The minimum Gasteiger partial charge on any atom is -0.356 e. The number of nitrogens with zero attached hydrogens (tertiary/aromatic N) is 1. The van der Waals surface area contributed by atoms with E-state index in [0.29, 0.717) is 26.1 Å². The molecular formula is C13H18F3N3O. The highest BCUT2D eigenvalue weighted by Gasteiger charge is 2.27. The first-order valence-electron chi connectivity index (χ1n) is 6.40. The third-order valence-corrected chi connectivity index (χ3v) is 2.54. The maximum Gasteiger partial charge on any atom is 0.389 e. The first-order chi connectivity index (χ1) is 9.47. The quantitative estimate of drug-likeness (QED) is 0.720. The Hall–Kier alpha value is -1.63. The number of halogens is 3. The minimum atomic E-state index is -4.28. The van der Waals surface area contributed by atoms with Crippen molar-refractivity contribution in [2.75, 3.05) is 13.1 Å². The number of carbonyl (C=O) groups excluding carboxylic acids is 1. The molecule has 0 atom stereocenters. The molecule has 1 amide bonds. The third-order valence-electron chi connectivity index (χ3n) is 2.54. The first kappa shape index (κ1) is 16.4. The van der Waals surface area contributed by atoms with Crippen molar-refractivity contribution in [1.82, 2.24) is 15.6 Å². The van der Waals surface area contributed by atoms with E-state index in [9.17, 15) is 18.0 Å². The standard InChI is InChI=1S/C13H18F3N3O/c14-13(15,16)5-4-12(20)19-8-2-7-18-10-11-3-1-6-17-9-11/h1,3,6,9,18H,2,4-5,7-8,10H2,(H,19,20). The lowest BCUT2D eigenvalue weighted by molar-refractivity contribution is -0.144. The second-order valence-corrected chi connectivity index (χ2v) is 4.36. The van der Waals surface area contributed by atoms with Crippen LogP contribution in [0.3, 0.4) is 0 Å². The van der Waals surface area contributed by atoms with Crippen molar-refractivity contribution in [3.05, 3.63) is 30.1 Å². The summed E-state index contributed by atoms with van der Waals surface area (Å²) >= 11 is 0. The van der Waals surface area contributed by atoms with Crippen molar-refractivity contribution in [2.45, 2.75) is 32.0 Å². The molecular weight excluding hydrogens is 271 g/mol. The molecule has 0 saturated heterocycles. The number of amides is 1. The van der Waals surface area contributed by atoms with Crippen LogP contribution in [-0.4, -0.2) is 30.2 Å². The summed E-state index contributed by atoms with van der Waals surface area (Å²) < 4.78 is 35.6. The van der Waals surface area contributed by atoms with Gasteiger partial charge in [-0.05, 0) is 24.6 Å². The highest BCUT2D eigenvalue weighted by atomic mass is 19.4. The van der Waals surface area contributed by atoms with Gasteiger partial charge in [0.15, 0.2) is 0 Å². The summed E-state index contributed by atoms with van der Waals surface area (Å²) in [5.41, 5.74) is 1.06. The van der Waals surface area contributed by atoms with E-state index in [1.807, 2.05) is 12.1 Å². The molecule has 1 aromatic heterocycles. The predicted octanol–water partition coefficient (Wildman–Crippen LogP) is 2.02. The Balaban J connectivity index is 1.98. The van der Waals surface area contributed by atoms with Gasteiger partial charge in [0.2, 0.25) is 5.91 Å². The van der Waals surface area contributed by atoms with Crippen molar-refractivity contribution in [2.24, 2.45) is 0 Å². The first-order valence-corrected chi connectivity index (χ1v) is 6.40. The molecule has 0 spiro atoms. The number of hydrogen-bond acceptors (Lipinski definition) is 3. The van der Waals surface area contributed by atoms with Crippen molar-refractivity contribution in [3.8, 4) is 0 Å². The van der Waals surface area contributed by atoms with Crippen LogP contribution in [0, 0.1) is 0 Å². The van der Waals surface area contributed by atoms with Crippen molar-refractivity contribution >= 4 is 5.91 Å². The van der Waals surface area contributed by atoms with E-state index >= 15 is 0 Å². The predicted molar refractivity (Wildman–Crippen MR) is 68.9 cm³/mol. The van der Waals surface area contributed by atoms with Crippen molar-refractivity contribution in [1.29, 1.82) is 0 Å². The van der Waals surface area contributed by atoms with E-state index in [0.717, 1.165) is 5.56 Å². The Morgan fingerprint density at radius 1 is 1.30 bits per heavy atom.